The van der Waals surface area contributed by atoms with Crippen LogP contribution in [0.4, 0.5) is 0 Å². The van der Waals surface area contributed by atoms with Gasteiger partial charge in [-0.3, -0.25) is 9.59 Å². The molecular formula is C30H32O4. The minimum Gasteiger partial charge on any atom is -0.494 e. The van der Waals surface area contributed by atoms with E-state index >= 15 is 0 Å². The molecule has 0 radical (unpaired) electrons. The molecular weight excluding hydrogens is 424 g/mol. The maximum Gasteiger partial charge on any atom is 0.193 e. The number of allylic oxidation sites excluding steroid dienone is 1. The average Bonchev–Trinajstić information content (AvgIpc) is 2.89. The molecule has 0 saturated heterocycles. The van der Waals surface area contributed by atoms with Gasteiger partial charge in [0, 0.05) is 23.3 Å². The van der Waals surface area contributed by atoms with Crippen LogP contribution >= 0.6 is 0 Å². The molecule has 34 heavy (non-hydrogen) atoms. The lowest BCUT2D eigenvalue weighted by atomic mass is 10.0. The molecule has 0 atom stereocenters. The number of benzene rings is 3. The van der Waals surface area contributed by atoms with Gasteiger partial charge in [0.15, 0.2) is 11.6 Å². The van der Waals surface area contributed by atoms with E-state index < -0.39 is 0 Å². The number of carbonyl (C=O) groups excluding carboxylic acids is 2. The van der Waals surface area contributed by atoms with Crippen LogP contribution in [0.1, 0.15) is 70.4 Å². The van der Waals surface area contributed by atoms with E-state index in [0.29, 0.717) is 23.3 Å². The van der Waals surface area contributed by atoms with Crippen molar-refractivity contribution >= 4 is 17.6 Å². The van der Waals surface area contributed by atoms with E-state index in [2.05, 4.69) is 0 Å². The van der Waals surface area contributed by atoms with Gasteiger partial charge < -0.3 is 9.84 Å². The lowest BCUT2D eigenvalue weighted by Crippen LogP contribution is -2.02. The highest BCUT2D eigenvalue weighted by atomic mass is 16.5. The second-order valence-electron chi connectivity index (χ2n) is 8.23. The Balaban J connectivity index is 1.46. The molecule has 0 unspecified atom stereocenters. The number of carbonyl (C=O) groups is 2. The van der Waals surface area contributed by atoms with Crippen molar-refractivity contribution in [3.8, 4) is 5.75 Å². The van der Waals surface area contributed by atoms with Gasteiger partial charge >= 0.3 is 0 Å². The van der Waals surface area contributed by atoms with Gasteiger partial charge in [0.2, 0.25) is 0 Å². The van der Waals surface area contributed by atoms with Crippen molar-refractivity contribution in [2.45, 2.75) is 38.5 Å². The summed E-state index contributed by atoms with van der Waals surface area (Å²) in [7, 11) is 0. The van der Waals surface area contributed by atoms with Crippen LogP contribution in [0.15, 0.2) is 84.9 Å². The van der Waals surface area contributed by atoms with E-state index in [4.69, 9.17) is 9.84 Å². The van der Waals surface area contributed by atoms with E-state index in [1.165, 1.54) is 0 Å². The maximum absolute atomic E-state index is 12.8. The van der Waals surface area contributed by atoms with Gasteiger partial charge in [-0.1, -0.05) is 86.4 Å². The molecule has 0 spiro atoms. The molecule has 0 aliphatic carbocycles. The monoisotopic (exact) mass is 456 g/mol. The number of aliphatic hydroxyl groups is 1. The highest BCUT2D eigenvalue weighted by Gasteiger charge is 2.09. The highest BCUT2D eigenvalue weighted by molar-refractivity contribution is 6.09. The first-order valence-corrected chi connectivity index (χ1v) is 11.9. The fourth-order valence-corrected chi connectivity index (χ4v) is 3.60. The number of unbranched alkanes of at least 4 members (excludes halogenated alkanes) is 5. The Morgan fingerprint density at radius 2 is 1.26 bits per heavy atom. The zero-order chi connectivity index (χ0) is 24.0. The Morgan fingerprint density at radius 1 is 0.676 bits per heavy atom. The summed E-state index contributed by atoms with van der Waals surface area (Å²) in [6.45, 7) is 0.941. The van der Waals surface area contributed by atoms with Crippen LogP contribution in [-0.2, 0) is 0 Å². The van der Waals surface area contributed by atoms with Gasteiger partial charge in [-0.2, -0.15) is 0 Å². The maximum atomic E-state index is 12.8. The van der Waals surface area contributed by atoms with Crippen molar-refractivity contribution in [2.75, 3.05) is 13.2 Å². The number of hydrogen-bond acceptors (Lipinski definition) is 4. The average molecular weight is 457 g/mol. The second-order valence-corrected chi connectivity index (χ2v) is 8.23. The third kappa shape index (κ3) is 8.13. The molecule has 0 aliphatic rings. The number of aliphatic hydroxyl groups excluding tert-OH is 1. The fourth-order valence-electron chi connectivity index (χ4n) is 3.60. The third-order valence-corrected chi connectivity index (χ3v) is 5.60. The molecule has 3 aromatic rings. The smallest absolute Gasteiger partial charge is 0.193 e. The van der Waals surface area contributed by atoms with Gasteiger partial charge in [-0.05, 0) is 48.7 Å². The first-order valence-electron chi connectivity index (χ1n) is 11.9. The van der Waals surface area contributed by atoms with Crippen molar-refractivity contribution < 1.29 is 19.4 Å². The summed E-state index contributed by atoms with van der Waals surface area (Å²) in [5, 5.41) is 8.78. The SMILES string of the molecule is O=C(C=Cc1ccc(C(=O)c2ccc(OCCCCCCCCO)cc2)cc1)c1ccccc1. The Hall–Kier alpha value is -3.50. The van der Waals surface area contributed by atoms with Crippen molar-refractivity contribution in [3.63, 3.8) is 0 Å². The Labute approximate surface area is 201 Å². The summed E-state index contributed by atoms with van der Waals surface area (Å²) in [6.07, 6.45) is 9.70. The minimum atomic E-state index is -0.0545. The standard InChI is InChI=1S/C30H32O4/c31-22-8-3-1-2-4-9-23-34-28-19-17-27(18-20-28)30(33)26-15-12-24(13-16-26)14-21-29(32)25-10-6-5-7-11-25/h5-7,10-21,31H,1-4,8-9,22-23H2. The molecule has 176 valence electrons. The van der Waals surface area contributed by atoms with Gasteiger partial charge in [-0.15, -0.1) is 0 Å². The van der Waals surface area contributed by atoms with E-state index in [9.17, 15) is 9.59 Å². The summed E-state index contributed by atoms with van der Waals surface area (Å²) in [4.78, 5) is 25.0. The molecule has 0 fully saturated rings. The molecule has 3 rings (SSSR count). The van der Waals surface area contributed by atoms with Gasteiger partial charge in [0.05, 0.1) is 6.61 Å². The van der Waals surface area contributed by atoms with Gasteiger partial charge in [0.25, 0.3) is 0 Å². The van der Waals surface area contributed by atoms with Crippen LogP contribution in [0.5, 0.6) is 5.75 Å². The molecule has 0 amide bonds. The Bertz CT molecular complexity index is 1050. The zero-order valence-electron chi connectivity index (χ0n) is 19.5. The predicted molar refractivity (Wildman–Crippen MR) is 136 cm³/mol. The largest absolute Gasteiger partial charge is 0.494 e. The molecule has 0 aromatic heterocycles. The molecule has 1 N–H and O–H groups in total. The molecule has 0 aliphatic heterocycles. The Kier molecular flexibility index (Phi) is 10.3. The minimum absolute atomic E-state index is 0.0506. The van der Waals surface area contributed by atoms with E-state index in [0.717, 1.165) is 49.8 Å². The second kappa shape index (κ2) is 13.9. The predicted octanol–water partition coefficient (Wildman–Crippen LogP) is 6.53. The molecule has 0 saturated carbocycles. The van der Waals surface area contributed by atoms with Crippen LogP contribution < -0.4 is 4.74 Å². The van der Waals surface area contributed by atoms with Crippen molar-refractivity contribution in [1.29, 1.82) is 0 Å². The zero-order valence-corrected chi connectivity index (χ0v) is 19.5. The summed E-state index contributed by atoms with van der Waals surface area (Å²) in [5.74, 6) is 0.659. The number of ketones is 2. The van der Waals surface area contributed by atoms with Crippen molar-refractivity contribution in [3.05, 3.63) is 107 Å². The first kappa shape index (κ1) is 25.1. The van der Waals surface area contributed by atoms with Crippen LogP contribution in [0.25, 0.3) is 6.08 Å². The summed E-state index contributed by atoms with van der Waals surface area (Å²) < 4.78 is 5.78. The van der Waals surface area contributed by atoms with Gasteiger partial charge in [0.1, 0.15) is 5.75 Å². The molecule has 0 heterocycles. The topological polar surface area (TPSA) is 63.6 Å². The normalized spacial score (nSPS) is 11.0. The van der Waals surface area contributed by atoms with Gasteiger partial charge in [-0.25, -0.2) is 0 Å². The molecule has 4 heteroatoms. The van der Waals surface area contributed by atoms with Crippen LogP contribution in [0.3, 0.4) is 0 Å². The quantitative estimate of drug-likeness (QED) is 0.170. The number of rotatable bonds is 14. The third-order valence-electron chi connectivity index (χ3n) is 5.60. The van der Waals surface area contributed by atoms with Crippen molar-refractivity contribution in [2.24, 2.45) is 0 Å². The van der Waals surface area contributed by atoms with Crippen LogP contribution in [0.2, 0.25) is 0 Å². The van der Waals surface area contributed by atoms with E-state index in [-0.39, 0.29) is 18.2 Å². The van der Waals surface area contributed by atoms with Crippen LogP contribution in [0, 0.1) is 0 Å². The molecule has 4 nitrogen and oxygen atoms in total. The number of hydrogen-bond donors (Lipinski definition) is 1. The fraction of sp³-hybridized carbons (Fsp3) is 0.267. The molecule has 3 aromatic carbocycles. The number of ether oxygens (including phenoxy) is 1. The lowest BCUT2D eigenvalue weighted by Gasteiger charge is -2.07. The molecule has 0 bridgehead atoms. The van der Waals surface area contributed by atoms with E-state index in [1.807, 2.05) is 42.5 Å². The summed E-state index contributed by atoms with van der Waals surface area (Å²) in [5.41, 5.74) is 2.71. The highest BCUT2D eigenvalue weighted by Crippen LogP contribution is 2.17. The summed E-state index contributed by atoms with van der Waals surface area (Å²) >= 11 is 0. The summed E-state index contributed by atoms with van der Waals surface area (Å²) in [6, 6.07) is 23.6. The van der Waals surface area contributed by atoms with Crippen LogP contribution in [-0.4, -0.2) is 29.9 Å². The Morgan fingerprint density at radius 3 is 1.91 bits per heavy atom. The first-order chi connectivity index (χ1) is 16.7. The lowest BCUT2D eigenvalue weighted by molar-refractivity contribution is 0.103. The van der Waals surface area contributed by atoms with Crippen molar-refractivity contribution in [1.82, 2.24) is 0 Å². The van der Waals surface area contributed by atoms with E-state index in [1.54, 1.807) is 48.6 Å².